The van der Waals surface area contributed by atoms with Crippen LogP contribution in [-0.4, -0.2) is 37.2 Å². The van der Waals surface area contributed by atoms with Crippen LogP contribution >= 0.6 is 0 Å². The maximum absolute atomic E-state index is 12.8. The molecule has 1 unspecified atom stereocenters. The number of carbonyl (C=O) groups excluding carboxylic acids is 3. The molecule has 0 amide bonds. The van der Waals surface area contributed by atoms with E-state index in [1.54, 1.807) is 0 Å². The smallest absolute Gasteiger partial charge is 0.306 e. The molecule has 0 aromatic carbocycles. The first kappa shape index (κ1) is 62.6. The molecular formula is C59H108O6. The van der Waals surface area contributed by atoms with E-state index in [4.69, 9.17) is 14.2 Å². The molecule has 1 atom stereocenters. The van der Waals surface area contributed by atoms with Gasteiger partial charge in [0.25, 0.3) is 0 Å². The fourth-order valence-corrected chi connectivity index (χ4v) is 8.40. The van der Waals surface area contributed by atoms with Crippen LogP contribution in [0.4, 0.5) is 0 Å². The predicted octanol–water partition coefficient (Wildman–Crippen LogP) is 18.9. The molecule has 65 heavy (non-hydrogen) atoms. The lowest BCUT2D eigenvalue weighted by atomic mass is 10.0. The Bertz CT molecular complexity index is 1090. The number of allylic oxidation sites excluding steroid dienone is 6. The third-order valence-corrected chi connectivity index (χ3v) is 12.7. The molecule has 0 spiro atoms. The first-order valence-corrected chi connectivity index (χ1v) is 28.5. The van der Waals surface area contributed by atoms with Crippen molar-refractivity contribution in [3.8, 4) is 0 Å². The minimum atomic E-state index is -0.774. The highest BCUT2D eigenvalue weighted by Gasteiger charge is 2.19. The highest BCUT2D eigenvalue weighted by atomic mass is 16.6. The highest BCUT2D eigenvalue weighted by molar-refractivity contribution is 5.71. The maximum Gasteiger partial charge on any atom is 0.306 e. The Kier molecular flexibility index (Phi) is 52.3. The SMILES string of the molecule is CC/C=C\C/C=C\C/C=C\CCCCCCCCC(=O)OC(COC(=O)CCCCCCCCCCCCCCCC)COC(=O)CCCCCCCCCCCCCCCCCCC. The second kappa shape index (κ2) is 54.2. The Hall–Kier alpha value is -2.37. The Balaban J connectivity index is 4.34. The van der Waals surface area contributed by atoms with E-state index in [1.807, 2.05) is 0 Å². The van der Waals surface area contributed by atoms with E-state index in [0.717, 1.165) is 83.5 Å². The summed E-state index contributed by atoms with van der Waals surface area (Å²) in [6, 6.07) is 0. The van der Waals surface area contributed by atoms with Gasteiger partial charge in [-0.15, -0.1) is 0 Å². The van der Waals surface area contributed by atoms with Gasteiger partial charge in [0.15, 0.2) is 6.10 Å². The van der Waals surface area contributed by atoms with E-state index >= 15 is 0 Å². The summed E-state index contributed by atoms with van der Waals surface area (Å²) in [6.45, 7) is 6.56. The van der Waals surface area contributed by atoms with Gasteiger partial charge >= 0.3 is 17.9 Å². The molecular weight excluding hydrogens is 805 g/mol. The predicted molar refractivity (Wildman–Crippen MR) is 279 cm³/mol. The highest BCUT2D eigenvalue weighted by Crippen LogP contribution is 2.17. The summed E-state index contributed by atoms with van der Waals surface area (Å²) >= 11 is 0. The van der Waals surface area contributed by atoms with E-state index in [-0.39, 0.29) is 31.1 Å². The zero-order valence-electron chi connectivity index (χ0n) is 43.5. The molecule has 0 bridgehead atoms. The summed E-state index contributed by atoms with van der Waals surface area (Å²) in [5.74, 6) is -0.867. The number of esters is 3. The van der Waals surface area contributed by atoms with Crippen molar-refractivity contribution in [3.63, 3.8) is 0 Å². The normalized spacial score (nSPS) is 12.2. The van der Waals surface area contributed by atoms with E-state index in [2.05, 4.69) is 57.2 Å². The van der Waals surface area contributed by atoms with Crippen LogP contribution in [-0.2, 0) is 28.6 Å². The quantitative estimate of drug-likeness (QED) is 0.0262. The molecule has 0 saturated carbocycles. The van der Waals surface area contributed by atoms with Gasteiger partial charge in [-0.25, -0.2) is 0 Å². The van der Waals surface area contributed by atoms with Crippen molar-refractivity contribution in [3.05, 3.63) is 36.5 Å². The lowest BCUT2D eigenvalue weighted by Gasteiger charge is -2.18. The fraction of sp³-hybridized carbons (Fsp3) is 0.847. The molecule has 6 nitrogen and oxygen atoms in total. The number of hydrogen-bond donors (Lipinski definition) is 0. The van der Waals surface area contributed by atoms with Gasteiger partial charge in [0, 0.05) is 19.3 Å². The van der Waals surface area contributed by atoms with Crippen LogP contribution in [0, 0.1) is 0 Å². The van der Waals surface area contributed by atoms with Gasteiger partial charge in [-0.1, -0.05) is 269 Å². The third-order valence-electron chi connectivity index (χ3n) is 12.7. The molecule has 0 rings (SSSR count). The van der Waals surface area contributed by atoms with Crippen LogP contribution in [0.2, 0.25) is 0 Å². The van der Waals surface area contributed by atoms with Crippen LogP contribution in [0.3, 0.4) is 0 Å². The second-order valence-corrected chi connectivity index (χ2v) is 19.2. The van der Waals surface area contributed by atoms with Gasteiger partial charge in [-0.3, -0.25) is 14.4 Å². The van der Waals surface area contributed by atoms with Crippen LogP contribution in [0.25, 0.3) is 0 Å². The van der Waals surface area contributed by atoms with Crippen LogP contribution in [0.15, 0.2) is 36.5 Å². The van der Waals surface area contributed by atoms with Crippen molar-refractivity contribution in [1.29, 1.82) is 0 Å². The zero-order valence-corrected chi connectivity index (χ0v) is 43.5. The second-order valence-electron chi connectivity index (χ2n) is 19.2. The van der Waals surface area contributed by atoms with E-state index in [0.29, 0.717) is 19.3 Å². The standard InChI is InChI=1S/C59H108O6/c1-4-7-10-13-16-19-22-25-28-30-32-34-37-40-43-46-49-52-58(61)64-55-56(54-63-57(60)51-48-45-42-39-36-33-27-24-21-18-15-12-9-6-3)65-59(62)53-50-47-44-41-38-35-31-29-26-23-20-17-14-11-8-5-2/h8,11,17,20,26,29,56H,4-7,9-10,12-16,18-19,21-25,27-28,30-55H2,1-3H3/b11-8-,20-17-,29-26-. The van der Waals surface area contributed by atoms with E-state index in [9.17, 15) is 14.4 Å². The minimum absolute atomic E-state index is 0.0727. The first-order valence-electron chi connectivity index (χ1n) is 28.5. The van der Waals surface area contributed by atoms with Crippen molar-refractivity contribution in [2.75, 3.05) is 13.2 Å². The average molecular weight is 914 g/mol. The summed E-state index contributed by atoms with van der Waals surface area (Å²) in [6.07, 6.45) is 64.2. The minimum Gasteiger partial charge on any atom is -0.462 e. The summed E-state index contributed by atoms with van der Waals surface area (Å²) in [4.78, 5) is 38.1. The van der Waals surface area contributed by atoms with Gasteiger partial charge in [0.2, 0.25) is 0 Å². The lowest BCUT2D eigenvalue weighted by molar-refractivity contribution is -0.167. The molecule has 0 aliphatic carbocycles. The number of carbonyl (C=O) groups is 3. The lowest BCUT2D eigenvalue weighted by Crippen LogP contribution is -2.30. The molecule has 0 fully saturated rings. The van der Waals surface area contributed by atoms with Crippen molar-refractivity contribution in [1.82, 2.24) is 0 Å². The van der Waals surface area contributed by atoms with Crippen LogP contribution in [0.1, 0.15) is 303 Å². The molecule has 0 heterocycles. The number of ether oxygens (including phenoxy) is 3. The maximum atomic E-state index is 12.8. The summed E-state index contributed by atoms with van der Waals surface area (Å²) in [7, 11) is 0. The zero-order chi connectivity index (χ0) is 47.2. The molecule has 0 saturated heterocycles. The molecule has 0 N–H and O–H groups in total. The number of rotatable bonds is 52. The van der Waals surface area contributed by atoms with Crippen molar-refractivity contribution in [2.24, 2.45) is 0 Å². The van der Waals surface area contributed by atoms with Gasteiger partial charge in [-0.2, -0.15) is 0 Å². The average Bonchev–Trinajstić information content (AvgIpc) is 3.30. The van der Waals surface area contributed by atoms with E-state index in [1.165, 1.54) is 180 Å². The summed E-state index contributed by atoms with van der Waals surface area (Å²) < 4.78 is 16.9. The largest absolute Gasteiger partial charge is 0.462 e. The van der Waals surface area contributed by atoms with Crippen molar-refractivity contribution >= 4 is 17.9 Å². The Morgan fingerprint density at radius 1 is 0.323 bits per heavy atom. The number of unbranched alkanes of at least 4 members (excludes halogenated alkanes) is 35. The molecule has 0 aliphatic heterocycles. The summed E-state index contributed by atoms with van der Waals surface area (Å²) in [5.41, 5.74) is 0. The van der Waals surface area contributed by atoms with E-state index < -0.39 is 6.10 Å². The molecule has 0 aliphatic rings. The third kappa shape index (κ3) is 52.5. The van der Waals surface area contributed by atoms with Gasteiger partial charge < -0.3 is 14.2 Å². The van der Waals surface area contributed by atoms with Crippen molar-refractivity contribution in [2.45, 2.75) is 309 Å². The Labute approximate surface area is 404 Å². The van der Waals surface area contributed by atoms with Crippen LogP contribution < -0.4 is 0 Å². The fourth-order valence-electron chi connectivity index (χ4n) is 8.40. The van der Waals surface area contributed by atoms with Gasteiger partial charge in [0.05, 0.1) is 0 Å². The van der Waals surface area contributed by atoms with Crippen molar-refractivity contribution < 1.29 is 28.6 Å². The van der Waals surface area contributed by atoms with Crippen LogP contribution in [0.5, 0.6) is 0 Å². The Morgan fingerprint density at radius 2 is 0.600 bits per heavy atom. The molecule has 6 heteroatoms. The monoisotopic (exact) mass is 913 g/mol. The Morgan fingerprint density at radius 3 is 0.938 bits per heavy atom. The first-order chi connectivity index (χ1) is 32.0. The van der Waals surface area contributed by atoms with Gasteiger partial charge in [-0.05, 0) is 51.4 Å². The molecule has 0 aromatic rings. The molecule has 380 valence electrons. The number of hydrogen-bond acceptors (Lipinski definition) is 6. The molecule has 0 aromatic heterocycles. The van der Waals surface area contributed by atoms with Gasteiger partial charge in [0.1, 0.15) is 13.2 Å². The topological polar surface area (TPSA) is 78.9 Å². The molecule has 0 radical (unpaired) electrons. The summed E-state index contributed by atoms with van der Waals surface area (Å²) in [5, 5.41) is 0.